The highest BCUT2D eigenvalue weighted by molar-refractivity contribution is 9.10. The Morgan fingerprint density at radius 2 is 2.16 bits per heavy atom. The summed E-state index contributed by atoms with van der Waals surface area (Å²) in [7, 11) is 0. The number of hydrogen-bond donors (Lipinski definition) is 1. The second-order valence-corrected chi connectivity index (χ2v) is 6.92. The molecule has 1 N–H and O–H groups in total. The molecule has 0 aliphatic heterocycles. The fourth-order valence-corrected chi connectivity index (χ4v) is 2.87. The fraction of sp³-hybridized carbons (Fsp3) is 0.533. The van der Waals surface area contributed by atoms with E-state index >= 15 is 0 Å². The van der Waals surface area contributed by atoms with Crippen molar-refractivity contribution in [2.24, 2.45) is 0 Å². The van der Waals surface area contributed by atoms with Gasteiger partial charge in [-0.1, -0.05) is 0 Å². The average Bonchev–Trinajstić information content (AvgIpc) is 3.14. The number of amides is 1. The molecule has 2 aromatic rings. The van der Waals surface area contributed by atoms with Crippen molar-refractivity contribution in [1.82, 2.24) is 24.9 Å². The maximum absolute atomic E-state index is 12.8. The van der Waals surface area contributed by atoms with Crippen molar-refractivity contribution in [2.45, 2.75) is 44.4 Å². The van der Waals surface area contributed by atoms with E-state index in [0.29, 0.717) is 25.2 Å². The van der Waals surface area contributed by atoms with Crippen molar-refractivity contribution in [1.29, 1.82) is 0 Å². The molecule has 0 atom stereocenters. The molecule has 0 radical (unpaired) electrons. The molecule has 2 aromatic heterocycles. The van der Waals surface area contributed by atoms with Crippen molar-refractivity contribution < 1.29 is 18.0 Å². The van der Waals surface area contributed by atoms with Gasteiger partial charge in [0.2, 0.25) is 5.91 Å². The molecular weight excluding hydrogens is 403 g/mol. The van der Waals surface area contributed by atoms with Crippen molar-refractivity contribution >= 4 is 21.8 Å². The number of carbonyl (C=O) groups excluding carboxylic acids is 1. The molecule has 2 heterocycles. The number of rotatable bonds is 7. The fourth-order valence-electron chi connectivity index (χ4n) is 2.54. The third kappa shape index (κ3) is 4.83. The van der Waals surface area contributed by atoms with Gasteiger partial charge in [0, 0.05) is 30.9 Å². The van der Waals surface area contributed by atoms with E-state index in [0.717, 1.165) is 23.4 Å². The number of aryl methyl sites for hydroxylation is 1. The largest absolute Gasteiger partial charge is 0.435 e. The average molecular weight is 420 g/mol. The van der Waals surface area contributed by atoms with E-state index in [2.05, 4.69) is 31.4 Å². The standard InChI is InChI=1S/C15H17BrF3N5O/c16-11-7-21-23(8-11)9-14(25)20-4-1-5-24-12(10-2-3-10)6-13(22-24)15(17,18)19/h6-8,10H,1-5,9H2,(H,20,25). The second-order valence-electron chi connectivity index (χ2n) is 6.01. The van der Waals surface area contributed by atoms with E-state index in [1.54, 1.807) is 12.4 Å². The van der Waals surface area contributed by atoms with Crippen molar-refractivity contribution in [3.63, 3.8) is 0 Å². The zero-order valence-electron chi connectivity index (χ0n) is 13.3. The molecule has 0 spiro atoms. The molecule has 10 heteroatoms. The van der Waals surface area contributed by atoms with E-state index in [1.165, 1.54) is 9.36 Å². The number of nitrogens with one attached hydrogen (secondary N) is 1. The zero-order valence-corrected chi connectivity index (χ0v) is 14.8. The summed E-state index contributed by atoms with van der Waals surface area (Å²) in [6.07, 6.45) is 1.15. The number of alkyl halides is 3. The molecule has 0 unspecified atom stereocenters. The Morgan fingerprint density at radius 1 is 1.40 bits per heavy atom. The van der Waals surface area contributed by atoms with Crippen LogP contribution in [0.2, 0.25) is 0 Å². The molecule has 0 aromatic carbocycles. The lowest BCUT2D eigenvalue weighted by Crippen LogP contribution is -2.29. The minimum absolute atomic E-state index is 0.0961. The minimum atomic E-state index is -4.43. The van der Waals surface area contributed by atoms with Gasteiger partial charge in [-0.2, -0.15) is 23.4 Å². The summed E-state index contributed by atoms with van der Waals surface area (Å²) in [5.41, 5.74) is -0.206. The van der Waals surface area contributed by atoms with E-state index in [4.69, 9.17) is 0 Å². The van der Waals surface area contributed by atoms with Crippen LogP contribution < -0.4 is 5.32 Å². The van der Waals surface area contributed by atoms with Crippen LogP contribution >= 0.6 is 15.9 Å². The van der Waals surface area contributed by atoms with Crippen molar-refractivity contribution in [2.75, 3.05) is 6.54 Å². The molecule has 1 amide bonds. The lowest BCUT2D eigenvalue weighted by molar-refractivity contribution is -0.141. The SMILES string of the molecule is O=C(Cn1cc(Br)cn1)NCCCn1nc(C(F)(F)F)cc1C1CC1. The molecule has 6 nitrogen and oxygen atoms in total. The van der Waals surface area contributed by atoms with Gasteiger partial charge < -0.3 is 5.32 Å². The number of aromatic nitrogens is 4. The van der Waals surface area contributed by atoms with Gasteiger partial charge in [-0.15, -0.1) is 0 Å². The number of carbonyl (C=O) groups is 1. The van der Waals surface area contributed by atoms with Crippen LogP contribution in [0.5, 0.6) is 0 Å². The Kier molecular flexibility index (Phi) is 5.16. The molecule has 1 fully saturated rings. The predicted octanol–water partition coefficient (Wildman–Crippen LogP) is 2.94. The van der Waals surface area contributed by atoms with Gasteiger partial charge >= 0.3 is 6.18 Å². The number of nitrogens with zero attached hydrogens (tertiary/aromatic N) is 4. The smallest absolute Gasteiger partial charge is 0.354 e. The van der Waals surface area contributed by atoms with Gasteiger partial charge in [-0.25, -0.2) is 0 Å². The molecule has 0 bridgehead atoms. The van der Waals surface area contributed by atoms with E-state index < -0.39 is 11.9 Å². The van der Waals surface area contributed by atoms with Gasteiger partial charge in [0.1, 0.15) is 6.54 Å². The van der Waals surface area contributed by atoms with Crippen LogP contribution in [0.25, 0.3) is 0 Å². The van der Waals surface area contributed by atoms with E-state index in [1.807, 2.05) is 0 Å². The Hall–Kier alpha value is -1.84. The molecule has 136 valence electrons. The monoisotopic (exact) mass is 419 g/mol. The summed E-state index contributed by atoms with van der Waals surface area (Å²) in [5.74, 6) is -0.0223. The molecule has 3 rings (SSSR count). The maximum Gasteiger partial charge on any atom is 0.435 e. The van der Waals surface area contributed by atoms with Gasteiger partial charge in [0.15, 0.2) is 5.69 Å². The van der Waals surface area contributed by atoms with Crippen LogP contribution in [0.3, 0.4) is 0 Å². The van der Waals surface area contributed by atoms with Crippen LogP contribution in [-0.2, 0) is 24.1 Å². The van der Waals surface area contributed by atoms with Crippen molar-refractivity contribution in [3.05, 3.63) is 34.3 Å². The van der Waals surface area contributed by atoms with Crippen LogP contribution in [0.1, 0.15) is 36.6 Å². The minimum Gasteiger partial charge on any atom is -0.354 e. The molecule has 0 saturated heterocycles. The first-order chi connectivity index (χ1) is 11.8. The summed E-state index contributed by atoms with van der Waals surface area (Å²) in [4.78, 5) is 11.8. The first kappa shape index (κ1) is 18.0. The number of hydrogen-bond acceptors (Lipinski definition) is 3. The summed E-state index contributed by atoms with van der Waals surface area (Å²) >= 11 is 3.25. The molecule has 1 saturated carbocycles. The van der Waals surface area contributed by atoms with Crippen LogP contribution in [-0.4, -0.2) is 32.0 Å². The summed E-state index contributed by atoms with van der Waals surface area (Å²) in [6.45, 7) is 0.807. The highest BCUT2D eigenvalue weighted by atomic mass is 79.9. The van der Waals surface area contributed by atoms with Crippen LogP contribution in [0.15, 0.2) is 22.9 Å². The first-order valence-electron chi connectivity index (χ1n) is 7.92. The van der Waals surface area contributed by atoms with Gasteiger partial charge in [-0.05, 0) is 41.3 Å². The summed E-state index contributed by atoms with van der Waals surface area (Å²) < 4.78 is 42.2. The first-order valence-corrected chi connectivity index (χ1v) is 8.72. The van der Waals surface area contributed by atoms with Crippen LogP contribution in [0.4, 0.5) is 13.2 Å². The van der Waals surface area contributed by atoms with Gasteiger partial charge in [0.05, 0.1) is 10.7 Å². The molecular formula is C15H17BrF3N5O. The van der Waals surface area contributed by atoms with E-state index in [-0.39, 0.29) is 18.4 Å². The Bertz CT molecular complexity index is 751. The topological polar surface area (TPSA) is 64.7 Å². The predicted molar refractivity (Wildman–Crippen MR) is 86.8 cm³/mol. The molecule has 1 aliphatic rings. The molecule has 1 aliphatic carbocycles. The quantitative estimate of drug-likeness (QED) is 0.701. The second kappa shape index (κ2) is 7.19. The normalized spacial score (nSPS) is 14.7. The Morgan fingerprint density at radius 3 is 2.76 bits per heavy atom. The third-order valence-electron chi connectivity index (χ3n) is 3.87. The Balaban J connectivity index is 1.48. The lowest BCUT2D eigenvalue weighted by Gasteiger charge is -2.08. The molecule has 25 heavy (non-hydrogen) atoms. The maximum atomic E-state index is 12.8. The van der Waals surface area contributed by atoms with Gasteiger partial charge in [-0.3, -0.25) is 14.2 Å². The number of halogens is 4. The summed E-state index contributed by atoms with van der Waals surface area (Å²) in [5, 5.41) is 10.4. The zero-order chi connectivity index (χ0) is 18.0. The van der Waals surface area contributed by atoms with Gasteiger partial charge in [0.25, 0.3) is 0 Å². The van der Waals surface area contributed by atoms with Crippen molar-refractivity contribution in [3.8, 4) is 0 Å². The third-order valence-corrected chi connectivity index (χ3v) is 4.28. The highest BCUT2D eigenvalue weighted by Crippen LogP contribution is 2.42. The highest BCUT2D eigenvalue weighted by Gasteiger charge is 2.37. The lowest BCUT2D eigenvalue weighted by atomic mass is 10.2. The van der Waals surface area contributed by atoms with E-state index in [9.17, 15) is 18.0 Å². The Labute approximate surface area is 150 Å². The summed E-state index contributed by atoms with van der Waals surface area (Å²) in [6, 6.07) is 1.14. The van der Waals surface area contributed by atoms with Crippen LogP contribution in [0, 0.1) is 0 Å².